The second-order valence-electron chi connectivity index (χ2n) is 7.82. The third-order valence-electron chi connectivity index (χ3n) is 5.79. The maximum atomic E-state index is 12.7. The number of benzene rings is 1. The number of hydrogen-bond donors (Lipinski definition) is 1. The van der Waals surface area contributed by atoms with Gasteiger partial charge in [0.25, 0.3) is 11.1 Å². The first-order valence-corrected chi connectivity index (χ1v) is 10.5. The number of rotatable bonds is 2. The van der Waals surface area contributed by atoms with Crippen LogP contribution in [0.15, 0.2) is 18.2 Å². The monoisotopic (exact) mass is 417 g/mol. The summed E-state index contributed by atoms with van der Waals surface area (Å²) in [5.41, 5.74) is 0.967. The highest BCUT2D eigenvalue weighted by Gasteiger charge is 2.43. The van der Waals surface area contributed by atoms with Gasteiger partial charge in [-0.1, -0.05) is 23.4 Å². The first-order chi connectivity index (χ1) is 13.8. The molecule has 1 aromatic carbocycles. The number of carbonyl (C=O) groups is 4. The number of aryl methyl sites for hydroxylation is 1. The van der Waals surface area contributed by atoms with Crippen LogP contribution in [0.4, 0.5) is 4.79 Å². The molecule has 0 bridgehead atoms. The molecule has 0 aliphatic carbocycles. The summed E-state index contributed by atoms with van der Waals surface area (Å²) in [6.45, 7) is 3.27. The Morgan fingerprint density at radius 3 is 2.66 bits per heavy atom. The molecule has 8 nitrogen and oxygen atoms in total. The van der Waals surface area contributed by atoms with E-state index in [1.165, 1.54) is 7.05 Å². The normalized spacial score (nSPS) is 23.5. The van der Waals surface area contributed by atoms with Gasteiger partial charge in [-0.25, -0.2) is 0 Å². The van der Waals surface area contributed by atoms with Gasteiger partial charge < -0.3 is 15.0 Å². The molecule has 3 aliphatic rings. The van der Waals surface area contributed by atoms with E-state index < -0.39 is 10.9 Å². The van der Waals surface area contributed by atoms with E-state index in [1.54, 1.807) is 4.90 Å². The van der Waals surface area contributed by atoms with Gasteiger partial charge in [0.1, 0.15) is 16.6 Å². The average molecular weight is 417 g/mol. The van der Waals surface area contributed by atoms with E-state index in [2.05, 4.69) is 5.32 Å². The van der Waals surface area contributed by atoms with E-state index >= 15 is 0 Å². The summed E-state index contributed by atoms with van der Waals surface area (Å²) in [6.07, 6.45) is 1.18. The Hall–Kier alpha value is -2.55. The van der Waals surface area contributed by atoms with Gasteiger partial charge in [-0.3, -0.25) is 24.1 Å². The second-order valence-corrected chi connectivity index (χ2v) is 8.98. The highest BCUT2D eigenvalue weighted by Crippen LogP contribution is 2.34. The molecule has 0 aromatic heterocycles. The predicted molar refractivity (Wildman–Crippen MR) is 107 cm³/mol. The average Bonchev–Trinajstić information content (AvgIpc) is 2.86. The van der Waals surface area contributed by atoms with E-state index in [-0.39, 0.29) is 29.4 Å². The van der Waals surface area contributed by atoms with Crippen LogP contribution in [0, 0.1) is 6.92 Å². The van der Waals surface area contributed by atoms with Gasteiger partial charge in [-0.05, 0) is 19.1 Å². The Balaban J connectivity index is 1.40. The predicted octanol–water partition coefficient (Wildman–Crippen LogP) is 1.56. The molecule has 29 heavy (non-hydrogen) atoms. The molecule has 154 valence electrons. The van der Waals surface area contributed by atoms with Crippen LogP contribution in [0.3, 0.4) is 0 Å². The summed E-state index contributed by atoms with van der Waals surface area (Å²) < 4.78 is 6.29. The quantitative estimate of drug-likeness (QED) is 0.785. The molecule has 0 saturated carbocycles. The standard InChI is InChI=1S/C20H23N3O5S/c1-12-3-4-14-13(9-12)17(25)21-11-20(28-14)5-7-23(8-6-20)16(24)10-15-18(26)22(2)19(27)29-15/h3-4,9,15H,5-8,10-11H2,1-2H3,(H,21,25). The van der Waals surface area contributed by atoms with Crippen LogP contribution in [0.25, 0.3) is 0 Å². The van der Waals surface area contributed by atoms with E-state index in [4.69, 9.17) is 4.74 Å². The lowest BCUT2D eigenvalue weighted by Gasteiger charge is -2.41. The Bertz CT molecular complexity index is 894. The van der Waals surface area contributed by atoms with Gasteiger partial charge in [-0.2, -0.15) is 0 Å². The highest BCUT2D eigenvalue weighted by atomic mass is 32.2. The molecule has 0 radical (unpaired) electrons. The third kappa shape index (κ3) is 3.71. The van der Waals surface area contributed by atoms with Crippen molar-refractivity contribution in [3.63, 3.8) is 0 Å². The number of hydrogen-bond acceptors (Lipinski definition) is 6. The number of carbonyl (C=O) groups excluding carboxylic acids is 4. The Kier molecular flexibility index (Phi) is 5.02. The lowest BCUT2D eigenvalue weighted by atomic mass is 9.90. The maximum Gasteiger partial charge on any atom is 0.288 e. The molecule has 3 heterocycles. The van der Waals surface area contributed by atoms with Crippen molar-refractivity contribution in [2.24, 2.45) is 0 Å². The number of amides is 4. The molecule has 2 saturated heterocycles. The second kappa shape index (κ2) is 7.37. The summed E-state index contributed by atoms with van der Waals surface area (Å²) >= 11 is 0.910. The van der Waals surface area contributed by atoms with Crippen LogP contribution in [0.1, 0.15) is 35.2 Å². The van der Waals surface area contributed by atoms with E-state index in [0.717, 1.165) is 22.2 Å². The number of fused-ring (bicyclic) bond motifs is 1. The van der Waals surface area contributed by atoms with Crippen molar-refractivity contribution in [1.82, 2.24) is 15.1 Å². The van der Waals surface area contributed by atoms with Crippen molar-refractivity contribution in [3.05, 3.63) is 29.3 Å². The fraction of sp³-hybridized carbons (Fsp3) is 0.500. The largest absolute Gasteiger partial charge is 0.484 e. The molecule has 4 rings (SSSR count). The van der Waals surface area contributed by atoms with Crippen LogP contribution in [-0.4, -0.2) is 70.3 Å². The topological polar surface area (TPSA) is 96.0 Å². The number of imide groups is 1. The van der Waals surface area contributed by atoms with Crippen LogP contribution in [0.2, 0.25) is 0 Å². The summed E-state index contributed by atoms with van der Waals surface area (Å²) in [7, 11) is 1.43. The summed E-state index contributed by atoms with van der Waals surface area (Å²) in [5.74, 6) is -0.0319. The Morgan fingerprint density at radius 2 is 2.00 bits per heavy atom. The van der Waals surface area contributed by atoms with E-state index in [9.17, 15) is 19.2 Å². The molecule has 1 atom stereocenters. The van der Waals surface area contributed by atoms with Gasteiger partial charge in [0, 0.05) is 39.4 Å². The summed E-state index contributed by atoms with van der Waals surface area (Å²) in [5, 5.41) is 1.99. The van der Waals surface area contributed by atoms with Crippen LogP contribution < -0.4 is 10.1 Å². The van der Waals surface area contributed by atoms with Crippen molar-refractivity contribution >= 4 is 34.7 Å². The van der Waals surface area contributed by atoms with Crippen molar-refractivity contribution in [1.29, 1.82) is 0 Å². The number of likely N-dealkylation sites (tertiary alicyclic amines) is 1. The van der Waals surface area contributed by atoms with Crippen LogP contribution in [0.5, 0.6) is 5.75 Å². The minimum Gasteiger partial charge on any atom is -0.484 e. The Labute approximate surface area is 172 Å². The molecule has 4 amide bonds. The first-order valence-electron chi connectivity index (χ1n) is 9.62. The fourth-order valence-electron chi connectivity index (χ4n) is 3.93. The molecular weight excluding hydrogens is 394 g/mol. The third-order valence-corrected chi connectivity index (χ3v) is 6.92. The van der Waals surface area contributed by atoms with Crippen molar-refractivity contribution in [2.45, 2.75) is 37.0 Å². The molecular formula is C20H23N3O5S. The van der Waals surface area contributed by atoms with Crippen molar-refractivity contribution < 1.29 is 23.9 Å². The minimum absolute atomic E-state index is 0.0201. The molecule has 2 fully saturated rings. The molecule has 1 N–H and O–H groups in total. The van der Waals surface area contributed by atoms with Crippen LogP contribution in [-0.2, 0) is 9.59 Å². The zero-order valence-corrected chi connectivity index (χ0v) is 17.2. The Morgan fingerprint density at radius 1 is 1.28 bits per heavy atom. The van der Waals surface area contributed by atoms with Gasteiger partial charge in [0.05, 0.1) is 12.1 Å². The van der Waals surface area contributed by atoms with Crippen molar-refractivity contribution in [2.75, 3.05) is 26.7 Å². The van der Waals surface area contributed by atoms with Gasteiger partial charge in [-0.15, -0.1) is 0 Å². The molecule has 1 spiro atoms. The number of ether oxygens (including phenoxy) is 1. The highest BCUT2D eigenvalue weighted by molar-refractivity contribution is 8.15. The van der Waals surface area contributed by atoms with E-state index in [0.29, 0.717) is 43.8 Å². The first kappa shape index (κ1) is 19.8. The SMILES string of the molecule is Cc1ccc2c(c1)C(=O)NCC1(CCN(C(=O)CC3SC(=O)N(C)C3=O)CC1)O2. The van der Waals surface area contributed by atoms with Gasteiger partial charge in [0.15, 0.2) is 0 Å². The lowest BCUT2D eigenvalue weighted by Crippen LogP contribution is -2.54. The molecule has 1 aromatic rings. The maximum absolute atomic E-state index is 12.7. The fourth-order valence-corrected chi connectivity index (χ4v) is 4.91. The molecule has 1 unspecified atom stereocenters. The summed E-state index contributed by atoms with van der Waals surface area (Å²) in [6, 6.07) is 5.56. The van der Waals surface area contributed by atoms with Gasteiger partial charge >= 0.3 is 0 Å². The number of thioether (sulfide) groups is 1. The van der Waals surface area contributed by atoms with Crippen molar-refractivity contribution in [3.8, 4) is 5.75 Å². The van der Waals surface area contributed by atoms with E-state index in [1.807, 2.05) is 25.1 Å². The smallest absolute Gasteiger partial charge is 0.288 e. The number of nitrogens with one attached hydrogen (secondary N) is 1. The lowest BCUT2D eigenvalue weighted by molar-refractivity contribution is -0.137. The zero-order chi connectivity index (χ0) is 20.8. The molecule has 9 heteroatoms. The minimum atomic E-state index is -0.639. The number of piperidine rings is 1. The summed E-state index contributed by atoms with van der Waals surface area (Å²) in [4.78, 5) is 51.5. The zero-order valence-electron chi connectivity index (χ0n) is 16.4. The molecule has 3 aliphatic heterocycles. The number of nitrogens with zero attached hydrogens (tertiary/aromatic N) is 2. The van der Waals surface area contributed by atoms with Gasteiger partial charge in [0.2, 0.25) is 11.8 Å². The van der Waals surface area contributed by atoms with Crippen LogP contribution >= 0.6 is 11.8 Å².